The van der Waals surface area contributed by atoms with Gasteiger partial charge in [-0.3, -0.25) is 4.79 Å². The maximum atomic E-state index is 12.5. The highest BCUT2D eigenvalue weighted by molar-refractivity contribution is 5.97. The van der Waals surface area contributed by atoms with E-state index in [2.05, 4.69) is 0 Å². The number of ether oxygens (including phenoxy) is 1. The summed E-state index contributed by atoms with van der Waals surface area (Å²) in [6.07, 6.45) is 1.22. The van der Waals surface area contributed by atoms with E-state index < -0.39 is 12.0 Å². The van der Waals surface area contributed by atoms with Gasteiger partial charge in [0.1, 0.15) is 6.04 Å². The molecule has 2 unspecified atom stereocenters. The first kappa shape index (κ1) is 15.2. The first-order chi connectivity index (χ1) is 9.93. The number of methoxy groups -OCH3 is 1. The van der Waals surface area contributed by atoms with Crippen molar-refractivity contribution >= 4 is 11.9 Å². The molecule has 114 valence electrons. The van der Waals surface area contributed by atoms with Crippen LogP contribution in [0.3, 0.4) is 0 Å². The highest BCUT2D eigenvalue weighted by atomic mass is 16.5. The summed E-state index contributed by atoms with van der Waals surface area (Å²) in [5.74, 6) is -0.964. The molecule has 1 aromatic rings. The number of aliphatic carboxylic acids is 1. The van der Waals surface area contributed by atoms with Gasteiger partial charge in [0.25, 0.3) is 5.91 Å². The van der Waals surface area contributed by atoms with E-state index in [-0.39, 0.29) is 28.9 Å². The molecule has 1 aliphatic rings. The predicted octanol–water partition coefficient (Wildman–Crippen LogP) is 1.73. The number of hydrogen-bond acceptors (Lipinski definition) is 4. The maximum absolute atomic E-state index is 12.5. The van der Waals surface area contributed by atoms with Crippen LogP contribution in [0, 0.1) is 5.92 Å². The van der Waals surface area contributed by atoms with E-state index in [1.54, 1.807) is 0 Å². The lowest BCUT2D eigenvalue weighted by Crippen LogP contribution is -2.49. The van der Waals surface area contributed by atoms with Gasteiger partial charge in [-0.05, 0) is 37.0 Å². The Labute approximate surface area is 122 Å². The second-order valence-corrected chi connectivity index (χ2v) is 5.37. The Balaban J connectivity index is 2.25. The van der Waals surface area contributed by atoms with Gasteiger partial charge in [0.05, 0.1) is 7.11 Å². The number of piperidine rings is 1. The number of carboxylic acid groups (broad SMARTS) is 1. The number of benzene rings is 1. The number of rotatable bonds is 3. The summed E-state index contributed by atoms with van der Waals surface area (Å²) in [5, 5.41) is 19.0. The summed E-state index contributed by atoms with van der Waals surface area (Å²) in [4.78, 5) is 25.2. The molecule has 0 saturated carbocycles. The van der Waals surface area contributed by atoms with Crippen LogP contribution in [0.15, 0.2) is 18.2 Å². The summed E-state index contributed by atoms with van der Waals surface area (Å²) < 4.78 is 4.93. The highest BCUT2D eigenvalue weighted by Crippen LogP contribution is 2.29. The molecule has 21 heavy (non-hydrogen) atoms. The number of carboxylic acids is 1. The molecule has 1 aromatic carbocycles. The molecule has 6 nitrogen and oxygen atoms in total. The van der Waals surface area contributed by atoms with Crippen LogP contribution in [-0.2, 0) is 4.79 Å². The van der Waals surface area contributed by atoms with Crippen molar-refractivity contribution in [2.75, 3.05) is 13.7 Å². The predicted molar refractivity (Wildman–Crippen MR) is 75.5 cm³/mol. The van der Waals surface area contributed by atoms with Crippen LogP contribution in [0.2, 0.25) is 0 Å². The third-order valence-electron chi connectivity index (χ3n) is 3.84. The van der Waals surface area contributed by atoms with Crippen molar-refractivity contribution < 1.29 is 24.5 Å². The van der Waals surface area contributed by atoms with E-state index in [4.69, 9.17) is 4.74 Å². The summed E-state index contributed by atoms with van der Waals surface area (Å²) in [6.45, 7) is 2.39. The van der Waals surface area contributed by atoms with Gasteiger partial charge in [0.15, 0.2) is 11.5 Å². The molecular weight excluding hydrogens is 274 g/mol. The third-order valence-corrected chi connectivity index (χ3v) is 3.84. The standard InChI is InChI=1S/C15H19NO5/c1-9-5-6-16(11(7-9)15(19)20)14(18)10-3-4-13(21-2)12(17)8-10/h3-4,8-9,11,17H,5-7H2,1-2H3,(H,19,20). The number of carbonyl (C=O) groups is 2. The smallest absolute Gasteiger partial charge is 0.326 e. The summed E-state index contributed by atoms with van der Waals surface area (Å²) in [5.41, 5.74) is 0.258. The molecule has 0 radical (unpaired) electrons. The average molecular weight is 293 g/mol. The lowest BCUT2D eigenvalue weighted by molar-refractivity contribution is -0.144. The fourth-order valence-corrected chi connectivity index (χ4v) is 2.61. The molecule has 1 saturated heterocycles. The number of likely N-dealkylation sites (tertiary alicyclic amines) is 1. The number of carbonyl (C=O) groups excluding carboxylic acids is 1. The van der Waals surface area contributed by atoms with E-state index in [9.17, 15) is 19.8 Å². The number of phenolic OH excluding ortho intramolecular Hbond substituents is 1. The fraction of sp³-hybridized carbons (Fsp3) is 0.467. The Morgan fingerprint density at radius 2 is 2.10 bits per heavy atom. The van der Waals surface area contributed by atoms with Crippen molar-refractivity contribution in [1.29, 1.82) is 0 Å². The zero-order valence-electron chi connectivity index (χ0n) is 12.1. The minimum atomic E-state index is -0.993. The molecule has 2 rings (SSSR count). The summed E-state index contributed by atoms with van der Waals surface area (Å²) in [6, 6.07) is 3.51. The second kappa shape index (κ2) is 6.03. The van der Waals surface area contributed by atoms with Crippen LogP contribution in [0.25, 0.3) is 0 Å². The fourth-order valence-electron chi connectivity index (χ4n) is 2.61. The highest BCUT2D eigenvalue weighted by Gasteiger charge is 2.35. The number of hydrogen-bond donors (Lipinski definition) is 2. The molecule has 2 atom stereocenters. The molecule has 0 aliphatic carbocycles. The first-order valence-corrected chi connectivity index (χ1v) is 6.84. The van der Waals surface area contributed by atoms with Gasteiger partial charge in [-0.25, -0.2) is 4.79 Å². The number of phenols is 1. The van der Waals surface area contributed by atoms with Crippen molar-refractivity contribution in [3.63, 3.8) is 0 Å². The zero-order chi connectivity index (χ0) is 15.6. The van der Waals surface area contributed by atoms with E-state index in [0.29, 0.717) is 13.0 Å². The summed E-state index contributed by atoms with van der Waals surface area (Å²) in [7, 11) is 1.42. The van der Waals surface area contributed by atoms with Crippen LogP contribution in [-0.4, -0.2) is 46.7 Å². The molecule has 1 fully saturated rings. The Hall–Kier alpha value is -2.24. The quantitative estimate of drug-likeness (QED) is 0.886. The molecule has 6 heteroatoms. The SMILES string of the molecule is COc1ccc(C(=O)N2CCC(C)CC2C(=O)O)cc1O. The molecule has 2 N–H and O–H groups in total. The summed E-state index contributed by atoms with van der Waals surface area (Å²) >= 11 is 0. The van der Waals surface area contributed by atoms with Crippen LogP contribution >= 0.6 is 0 Å². The monoisotopic (exact) mass is 293 g/mol. The van der Waals surface area contributed by atoms with Crippen molar-refractivity contribution in [3.05, 3.63) is 23.8 Å². The van der Waals surface area contributed by atoms with E-state index >= 15 is 0 Å². The topological polar surface area (TPSA) is 87.1 Å². The lowest BCUT2D eigenvalue weighted by atomic mass is 9.92. The third kappa shape index (κ3) is 3.09. The zero-order valence-corrected chi connectivity index (χ0v) is 12.1. The van der Waals surface area contributed by atoms with Crippen molar-refractivity contribution in [2.24, 2.45) is 5.92 Å². The van der Waals surface area contributed by atoms with Crippen LogP contribution in [0.4, 0.5) is 0 Å². The second-order valence-electron chi connectivity index (χ2n) is 5.37. The minimum absolute atomic E-state index is 0.138. The van der Waals surface area contributed by atoms with Crippen molar-refractivity contribution in [1.82, 2.24) is 4.90 Å². The van der Waals surface area contributed by atoms with Gasteiger partial charge in [0.2, 0.25) is 0 Å². The number of amides is 1. The van der Waals surface area contributed by atoms with Crippen LogP contribution in [0.1, 0.15) is 30.1 Å². The average Bonchev–Trinajstić information content (AvgIpc) is 2.46. The Bertz CT molecular complexity index is 557. The maximum Gasteiger partial charge on any atom is 0.326 e. The Morgan fingerprint density at radius 1 is 1.38 bits per heavy atom. The Kier molecular flexibility index (Phi) is 4.35. The molecule has 0 aromatic heterocycles. The van der Waals surface area contributed by atoms with E-state index in [0.717, 1.165) is 6.42 Å². The van der Waals surface area contributed by atoms with Gasteiger partial charge >= 0.3 is 5.97 Å². The van der Waals surface area contributed by atoms with Crippen molar-refractivity contribution in [3.8, 4) is 11.5 Å². The van der Waals surface area contributed by atoms with Gasteiger partial charge in [-0.1, -0.05) is 6.92 Å². The van der Waals surface area contributed by atoms with E-state index in [1.165, 1.54) is 30.2 Å². The molecule has 1 amide bonds. The van der Waals surface area contributed by atoms with Gasteiger partial charge < -0.3 is 19.8 Å². The molecule has 0 spiro atoms. The Morgan fingerprint density at radius 3 is 2.67 bits per heavy atom. The first-order valence-electron chi connectivity index (χ1n) is 6.84. The molecule has 0 bridgehead atoms. The molecular formula is C15H19NO5. The van der Waals surface area contributed by atoms with Gasteiger partial charge in [-0.2, -0.15) is 0 Å². The molecule has 1 heterocycles. The van der Waals surface area contributed by atoms with Gasteiger partial charge in [0, 0.05) is 12.1 Å². The molecule has 1 aliphatic heterocycles. The van der Waals surface area contributed by atoms with Crippen LogP contribution in [0.5, 0.6) is 11.5 Å². The number of nitrogens with zero attached hydrogens (tertiary/aromatic N) is 1. The van der Waals surface area contributed by atoms with E-state index in [1.807, 2.05) is 6.92 Å². The largest absolute Gasteiger partial charge is 0.504 e. The minimum Gasteiger partial charge on any atom is -0.504 e. The normalized spacial score (nSPS) is 21.9. The lowest BCUT2D eigenvalue weighted by Gasteiger charge is -2.36. The van der Waals surface area contributed by atoms with Gasteiger partial charge in [-0.15, -0.1) is 0 Å². The van der Waals surface area contributed by atoms with Crippen molar-refractivity contribution in [2.45, 2.75) is 25.8 Å². The van der Waals surface area contributed by atoms with Crippen LogP contribution < -0.4 is 4.74 Å². The number of aromatic hydroxyl groups is 1.